The molecule has 1 aliphatic carbocycles. The molecule has 33 heavy (non-hydrogen) atoms. The minimum Gasteiger partial charge on any atom is -0.481 e. The van der Waals surface area contributed by atoms with E-state index in [1.54, 1.807) is 4.90 Å². The summed E-state index contributed by atoms with van der Waals surface area (Å²) in [5, 5.41) is 11.9. The Kier molecular flexibility index (Phi) is 6.96. The van der Waals surface area contributed by atoms with Gasteiger partial charge in [0, 0.05) is 31.0 Å². The van der Waals surface area contributed by atoms with Crippen LogP contribution in [-0.2, 0) is 14.3 Å². The van der Waals surface area contributed by atoms with Gasteiger partial charge in [-0.15, -0.1) is 0 Å². The van der Waals surface area contributed by atoms with Crippen LogP contribution >= 0.6 is 0 Å². The maximum Gasteiger partial charge on any atom is 0.407 e. The molecule has 0 saturated carbocycles. The van der Waals surface area contributed by atoms with E-state index >= 15 is 0 Å². The number of carbonyl (C=O) groups excluding carboxylic acids is 2. The quantitative estimate of drug-likeness (QED) is 0.630. The third kappa shape index (κ3) is 5.02. The average Bonchev–Trinajstić information content (AvgIpc) is 3.39. The number of benzene rings is 2. The van der Waals surface area contributed by atoms with Crippen molar-refractivity contribution in [2.75, 3.05) is 13.2 Å². The molecule has 0 spiro atoms. The Morgan fingerprint density at radius 2 is 1.73 bits per heavy atom. The second-order valence-electron chi connectivity index (χ2n) is 8.76. The summed E-state index contributed by atoms with van der Waals surface area (Å²) in [5.74, 6) is -1.04. The van der Waals surface area contributed by atoms with Gasteiger partial charge in [-0.3, -0.25) is 9.59 Å². The van der Waals surface area contributed by atoms with Crippen LogP contribution in [-0.4, -0.2) is 53.2 Å². The van der Waals surface area contributed by atoms with Crippen molar-refractivity contribution in [3.63, 3.8) is 0 Å². The van der Waals surface area contributed by atoms with Crippen molar-refractivity contribution in [3.05, 3.63) is 59.7 Å². The fourth-order valence-electron chi connectivity index (χ4n) is 5.01. The van der Waals surface area contributed by atoms with Gasteiger partial charge in [0.2, 0.25) is 5.91 Å². The van der Waals surface area contributed by atoms with Gasteiger partial charge < -0.3 is 20.1 Å². The van der Waals surface area contributed by atoms with Gasteiger partial charge in [-0.05, 0) is 41.5 Å². The molecule has 7 nitrogen and oxygen atoms in total. The highest BCUT2D eigenvalue weighted by atomic mass is 16.5. The highest BCUT2D eigenvalue weighted by Gasteiger charge is 2.32. The van der Waals surface area contributed by atoms with Crippen LogP contribution < -0.4 is 5.32 Å². The van der Waals surface area contributed by atoms with Gasteiger partial charge in [-0.25, -0.2) is 4.79 Å². The van der Waals surface area contributed by atoms with Gasteiger partial charge in [0.05, 0.1) is 6.42 Å². The Labute approximate surface area is 193 Å². The predicted octanol–water partition coefficient (Wildman–Crippen LogP) is 4.16. The molecule has 1 saturated heterocycles. The number of hydrogen-bond acceptors (Lipinski definition) is 4. The van der Waals surface area contributed by atoms with E-state index in [1.807, 2.05) is 31.2 Å². The van der Waals surface area contributed by atoms with Crippen molar-refractivity contribution < 1.29 is 24.2 Å². The van der Waals surface area contributed by atoms with Crippen LogP contribution in [0.25, 0.3) is 11.1 Å². The fraction of sp³-hybridized carbons (Fsp3) is 0.423. The molecule has 0 bridgehead atoms. The molecule has 1 heterocycles. The first kappa shape index (κ1) is 22.8. The number of rotatable bonds is 8. The lowest BCUT2D eigenvalue weighted by atomic mass is 9.98. The van der Waals surface area contributed by atoms with Crippen molar-refractivity contribution in [2.24, 2.45) is 0 Å². The number of hydrogen-bond donors (Lipinski definition) is 2. The predicted molar refractivity (Wildman–Crippen MR) is 124 cm³/mol. The maximum atomic E-state index is 12.8. The first-order valence-corrected chi connectivity index (χ1v) is 11.6. The van der Waals surface area contributed by atoms with Crippen LogP contribution in [0.1, 0.15) is 56.1 Å². The normalized spacial score (nSPS) is 17.8. The Balaban J connectivity index is 1.34. The van der Waals surface area contributed by atoms with Crippen LogP contribution in [0.5, 0.6) is 0 Å². The summed E-state index contributed by atoms with van der Waals surface area (Å²) in [6, 6.07) is 15.7. The molecule has 4 rings (SSSR count). The van der Waals surface area contributed by atoms with E-state index in [1.165, 1.54) is 11.1 Å². The van der Waals surface area contributed by atoms with E-state index < -0.39 is 12.1 Å². The highest BCUT2D eigenvalue weighted by Crippen LogP contribution is 2.44. The number of fused-ring (bicyclic) bond motifs is 3. The molecule has 174 valence electrons. The molecule has 1 aliphatic heterocycles. The summed E-state index contributed by atoms with van der Waals surface area (Å²) in [5.41, 5.74) is 4.63. The number of carboxylic acid groups (broad SMARTS) is 1. The summed E-state index contributed by atoms with van der Waals surface area (Å²) in [4.78, 5) is 38.1. The fourth-order valence-corrected chi connectivity index (χ4v) is 5.01. The molecule has 2 atom stereocenters. The van der Waals surface area contributed by atoms with Gasteiger partial charge in [-0.1, -0.05) is 55.5 Å². The standard InChI is InChI=1S/C26H30N2O5/c1-2-17(14-24(29)28-13-7-8-18(28)15-25(30)31)27-26(32)33-16-23-21-11-5-3-9-19(21)20-10-4-6-12-22(20)23/h3-6,9-12,17-18,23H,2,7-8,13-16H2,1H3,(H,27,32)(H,30,31)/t17?,18-/m0/s1. The van der Waals surface area contributed by atoms with Gasteiger partial charge in [0.25, 0.3) is 0 Å². The first-order chi connectivity index (χ1) is 16.0. The van der Waals surface area contributed by atoms with Crippen LogP contribution in [0.3, 0.4) is 0 Å². The van der Waals surface area contributed by atoms with E-state index in [4.69, 9.17) is 9.84 Å². The summed E-state index contributed by atoms with van der Waals surface area (Å²) < 4.78 is 5.60. The summed E-state index contributed by atoms with van der Waals surface area (Å²) in [6.45, 7) is 2.69. The third-order valence-corrected chi connectivity index (χ3v) is 6.69. The smallest absolute Gasteiger partial charge is 0.407 e. The van der Waals surface area contributed by atoms with Crippen molar-refractivity contribution >= 4 is 18.0 Å². The van der Waals surface area contributed by atoms with E-state index in [0.29, 0.717) is 19.4 Å². The molecule has 2 N–H and O–H groups in total. The van der Waals surface area contributed by atoms with E-state index in [0.717, 1.165) is 17.5 Å². The number of ether oxygens (including phenoxy) is 1. The highest BCUT2D eigenvalue weighted by molar-refractivity contribution is 5.80. The Morgan fingerprint density at radius 1 is 1.09 bits per heavy atom. The average molecular weight is 451 g/mol. The number of amides is 2. The number of carboxylic acids is 1. The van der Waals surface area contributed by atoms with Crippen molar-refractivity contribution in [1.82, 2.24) is 10.2 Å². The Bertz CT molecular complexity index is 991. The van der Waals surface area contributed by atoms with Crippen LogP contribution in [0.4, 0.5) is 4.79 Å². The molecule has 1 unspecified atom stereocenters. The number of carbonyl (C=O) groups is 3. The molecule has 2 amide bonds. The van der Waals surface area contributed by atoms with Gasteiger partial charge in [-0.2, -0.15) is 0 Å². The van der Waals surface area contributed by atoms with Crippen molar-refractivity contribution in [3.8, 4) is 11.1 Å². The molecule has 2 aromatic carbocycles. The molecule has 7 heteroatoms. The SMILES string of the molecule is CCC(CC(=O)N1CCC[C@H]1CC(=O)O)NC(=O)OCC1c2ccccc2-c2ccccc21. The van der Waals surface area contributed by atoms with E-state index in [9.17, 15) is 14.4 Å². The van der Waals surface area contributed by atoms with Crippen LogP contribution in [0.2, 0.25) is 0 Å². The van der Waals surface area contributed by atoms with Gasteiger partial charge in [0.1, 0.15) is 6.61 Å². The number of aliphatic carboxylic acids is 1. The topological polar surface area (TPSA) is 95.9 Å². The number of nitrogens with one attached hydrogen (secondary N) is 1. The zero-order valence-electron chi connectivity index (χ0n) is 18.8. The van der Waals surface area contributed by atoms with Gasteiger partial charge >= 0.3 is 12.1 Å². The van der Waals surface area contributed by atoms with Gasteiger partial charge in [0.15, 0.2) is 0 Å². The van der Waals surface area contributed by atoms with Crippen molar-refractivity contribution in [1.29, 1.82) is 0 Å². The Hall–Kier alpha value is -3.35. The number of nitrogens with zero attached hydrogens (tertiary/aromatic N) is 1. The number of alkyl carbamates (subject to hydrolysis) is 1. The number of likely N-dealkylation sites (tertiary alicyclic amines) is 1. The lowest BCUT2D eigenvalue weighted by Crippen LogP contribution is -2.43. The zero-order chi connectivity index (χ0) is 23.4. The zero-order valence-corrected chi connectivity index (χ0v) is 18.8. The maximum absolute atomic E-state index is 12.8. The third-order valence-electron chi connectivity index (χ3n) is 6.69. The lowest BCUT2D eigenvalue weighted by Gasteiger charge is -2.26. The van der Waals surface area contributed by atoms with Crippen LogP contribution in [0.15, 0.2) is 48.5 Å². The van der Waals surface area contributed by atoms with Crippen molar-refractivity contribution in [2.45, 2.75) is 57.0 Å². The van der Waals surface area contributed by atoms with Crippen LogP contribution in [0, 0.1) is 0 Å². The summed E-state index contributed by atoms with van der Waals surface area (Å²) in [6.07, 6.45) is 1.64. The molecule has 2 aliphatic rings. The second kappa shape index (κ2) is 10.1. The minimum absolute atomic E-state index is 0.0220. The largest absolute Gasteiger partial charge is 0.481 e. The summed E-state index contributed by atoms with van der Waals surface area (Å²) in [7, 11) is 0. The molecule has 1 fully saturated rings. The summed E-state index contributed by atoms with van der Waals surface area (Å²) >= 11 is 0. The minimum atomic E-state index is -0.900. The monoisotopic (exact) mass is 450 g/mol. The molecular formula is C26H30N2O5. The molecule has 0 radical (unpaired) electrons. The Morgan fingerprint density at radius 3 is 2.33 bits per heavy atom. The second-order valence-corrected chi connectivity index (χ2v) is 8.76. The molecular weight excluding hydrogens is 420 g/mol. The first-order valence-electron chi connectivity index (χ1n) is 11.6. The van der Waals surface area contributed by atoms with E-state index in [2.05, 4.69) is 29.6 Å². The van der Waals surface area contributed by atoms with E-state index in [-0.39, 0.29) is 43.4 Å². The lowest BCUT2D eigenvalue weighted by molar-refractivity contribution is -0.140. The molecule has 2 aromatic rings. The molecule has 0 aromatic heterocycles.